The van der Waals surface area contributed by atoms with E-state index in [-0.39, 0.29) is 23.4 Å². The summed E-state index contributed by atoms with van der Waals surface area (Å²) in [6.07, 6.45) is 1.46. The van der Waals surface area contributed by atoms with Crippen LogP contribution in [0.25, 0.3) is 0 Å². The summed E-state index contributed by atoms with van der Waals surface area (Å²) in [7, 11) is 0.218. The molecular weight excluding hydrogens is 362 g/mol. The molecule has 1 unspecified atom stereocenters. The van der Waals surface area contributed by atoms with E-state index in [0.717, 1.165) is 5.56 Å². The Kier molecular flexibility index (Phi) is 7.29. The molecule has 0 saturated carbocycles. The van der Waals surface area contributed by atoms with Crippen molar-refractivity contribution in [1.29, 1.82) is 0 Å². The van der Waals surface area contributed by atoms with Crippen LogP contribution < -0.4 is 10.0 Å². The smallest absolute Gasteiger partial charge is 0.251 e. The molecule has 0 aliphatic heterocycles. The summed E-state index contributed by atoms with van der Waals surface area (Å²) in [6, 6.07) is 15.9. The molecule has 1 atom stereocenters. The van der Waals surface area contributed by atoms with Gasteiger partial charge in [0, 0.05) is 18.7 Å². The Hall–Kier alpha value is -2.48. The first-order valence-corrected chi connectivity index (χ1v) is 10.0. The molecule has 0 bridgehead atoms. The molecule has 2 rings (SSSR count). The maximum absolute atomic E-state index is 12.5. The van der Waals surface area contributed by atoms with Crippen LogP contribution in [-0.4, -0.2) is 46.4 Å². The van der Waals surface area contributed by atoms with Gasteiger partial charge in [-0.25, -0.2) is 13.1 Å². The summed E-state index contributed by atoms with van der Waals surface area (Å²) in [5.41, 5.74) is 1.38. The van der Waals surface area contributed by atoms with Gasteiger partial charge in [-0.2, -0.15) is 0 Å². The van der Waals surface area contributed by atoms with Crippen LogP contribution in [0.2, 0.25) is 0 Å². The highest BCUT2D eigenvalue weighted by Gasteiger charge is 2.18. The fourth-order valence-electron chi connectivity index (χ4n) is 2.62. The van der Waals surface area contributed by atoms with E-state index >= 15 is 0 Å². The minimum Gasteiger partial charge on any atom is -0.350 e. The lowest BCUT2D eigenvalue weighted by molar-refractivity contribution is 0.0941. The lowest BCUT2D eigenvalue weighted by atomic mass is 10.1. The van der Waals surface area contributed by atoms with Crippen LogP contribution in [0.3, 0.4) is 0 Å². The molecule has 0 radical (unpaired) electrons. The molecule has 27 heavy (non-hydrogen) atoms. The summed E-state index contributed by atoms with van der Waals surface area (Å²) in [5, 5.41) is 2.89. The molecule has 0 aliphatic carbocycles. The van der Waals surface area contributed by atoms with Gasteiger partial charge in [-0.3, -0.25) is 4.79 Å². The molecule has 0 fully saturated rings. The van der Waals surface area contributed by atoms with Gasteiger partial charge in [0.15, 0.2) is 0 Å². The standard InChI is InChI=1S/C20H25N3O3S/c1-4-13-22-27(25,26)18-12-8-11-17(14-18)20(24)21-15-19(23(2)3)16-9-6-5-7-10-16/h4-12,14,19,22H,1,13,15H2,2-3H3,(H,21,24). The molecule has 2 aromatic rings. The van der Waals surface area contributed by atoms with E-state index in [2.05, 4.69) is 16.6 Å². The van der Waals surface area contributed by atoms with Crippen molar-refractivity contribution in [2.75, 3.05) is 27.2 Å². The first-order valence-electron chi connectivity index (χ1n) is 8.55. The van der Waals surface area contributed by atoms with Gasteiger partial charge >= 0.3 is 0 Å². The molecule has 144 valence electrons. The Bertz CT molecular complexity index is 880. The van der Waals surface area contributed by atoms with Crippen molar-refractivity contribution in [3.63, 3.8) is 0 Å². The van der Waals surface area contributed by atoms with Crippen LogP contribution >= 0.6 is 0 Å². The molecule has 2 aromatic carbocycles. The fraction of sp³-hybridized carbons (Fsp3) is 0.250. The van der Waals surface area contributed by atoms with E-state index < -0.39 is 10.0 Å². The zero-order chi connectivity index (χ0) is 19.9. The molecule has 0 aliphatic rings. The minimum absolute atomic E-state index is 0.0105. The molecular formula is C20H25N3O3S. The van der Waals surface area contributed by atoms with Crippen LogP contribution in [0.1, 0.15) is 22.0 Å². The van der Waals surface area contributed by atoms with Crippen LogP contribution in [-0.2, 0) is 10.0 Å². The van der Waals surface area contributed by atoms with Gasteiger partial charge in [0.1, 0.15) is 0 Å². The number of benzene rings is 2. The molecule has 7 heteroatoms. The quantitative estimate of drug-likeness (QED) is 0.647. The van der Waals surface area contributed by atoms with Gasteiger partial charge < -0.3 is 10.2 Å². The maximum Gasteiger partial charge on any atom is 0.251 e. The Balaban J connectivity index is 2.12. The topological polar surface area (TPSA) is 78.5 Å². The number of carbonyl (C=O) groups is 1. The number of nitrogens with zero attached hydrogens (tertiary/aromatic N) is 1. The second kappa shape index (κ2) is 9.45. The van der Waals surface area contributed by atoms with Gasteiger partial charge in [-0.05, 0) is 37.9 Å². The van der Waals surface area contributed by atoms with Crippen molar-refractivity contribution in [1.82, 2.24) is 14.9 Å². The molecule has 1 amide bonds. The first-order chi connectivity index (χ1) is 12.8. The largest absolute Gasteiger partial charge is 0.350 e. The van der Waals surface area contributed by atoms with E-state index in [9.17, 15) is 13.2 Å². The highest BCUT2D eigenvalue weighted by Crippen LogP contribution is 2.17. The summed E-state index contributed by atoms with van der Waals surface area (Å²) in [5.74, 6) is -0.321. The number of nitrogens with one attached hydrogen (secondary N) is 2. The third kappa shape index (κ3) is 5.75. The van der Waals surface area contributed by atoms with Gasteiger partial charge in [-0.1, -0.05) is 42.5 Å². The predicted molar refractivity (Wildman–Crippen MR) is 107 cm³/mol. The van der Waals surface area contributed by atoms with E-state index in [1.54, 1.807) is 12.1 Å². The highest BCUT2D eigenvalue weighted by atomic mass is 32.2. The van der Waals surface area contributed by atoms with Crippen LogP contribution in [0, 0.1) is 0 Å². The monoisotopic (exact) mass is 387 g/mol. The summed E-state index contributed by atoms with van der Waals surface area (Å²) in [4.78, 5) is 14.6. The Labute approximate surface area is 161 Å². The third-order valence-electron chi connectivity index (χ3n) is 4.09. The lowest BCUT2D eigenvalue weighted by Gasteiger charge is -2.25. The van der Waals surface area contributed by atoms with Crippen molar-refractivity contribution in [2.24, 2.45) is 0 Å². The van der Waals surface area contributed by atoms with Crippen LogP contribution in [0.4, 0.5) is 0 Å². The molecule has 0 saturated heterocycles. The van der Waals surface area contributed by atoms with Gasteiger partial charge in [0.2, 0.25) is 10.0 Å². The second-order valence-corrected chi connectivity index (χ2v) is 8.04. The van der Waals surface area contributed by atoms with Crippen LogP contribution in [0.5, 0.6) is 0 Å². The van der Waals surface area contributed by atoms with Crippen molar-refractivity contribution >= 4 is 15.9 Å². The average Bonchev–Trinajstić information content (AvgIpc) is 2.67. The summed E-state index contributed by atoms with van der Waals surface area (Å²) >= 11 is 0. The Morgan fingerprint density at radius 1 is 1.15 bits per heavy atom. The van der Waals surface area contributed by atoms with Gasteiger partial charge in [0.05, 0.1) is 10.9 Å². The van der Waals surface area contributed by atoms with Gasteiger partial charge in [-0.15, -0.1) is 6.58 Å². The first kappa shape index (κ1) is 20.8. The molecule has 0 aromatic heterocycles. The number of carbonyl (C=O) groups excluding carboxylic acids is 1. The molecule has 2 N–H and O–H groups in total. The van der Waals surface area contributed by atoms with E-state index in [1.165, 1.54) is 18.2 Å². The van der Waals surface area contributed by atoms with Crippen molar-refractivity contribution in [2.45, 2.75) is 10.9 Å². The fourth-order valence-corrected chi connectivity index (χ4v) is 3.67. The second-order valence-electron chi connectivity index (χ2n) is 6.27. The Morgan fingerprint density at radius 2 is 1.85 bits per heavy atom. The number of hydrogen-bond acceptors (Lipinski definition) is 4. The summed E-state index contributed by atoms with van der Waals surface area (Å²) < 4.78 is 26.8. The maximum atomic E-state index is 12.5. The number of sulfonamides is 1. The summed E-state index contributed by atoms with van der Waals surface area (Å²) in [6.45, 7) is 4.02. The lowest BCUT2D eigenvalue weighted by Crippen LogP contribution is -2.34. The normalized spacial score (nSPS) is 12.6. The predicted octanol–water partition coefficient (Wildman–Crippen LogP) is 2.18. The zero-order valence-electron chi connectivity index (χ0n) is 15.6. The SMILES string of the molecule is C=CCNS(=O)(=O)c1cccc(C(=O)NCC(c2ccccc2)N(C)C)c1. The zero-order valence-corrected chi connectivity index (χ0v) is 16.4. The average molecular weight is 388 g/mol. The van der Waals surface area contributed by atoms with E-state index in [0.29, 0.717) is 12.1 Å². The number of rotatable bonds is 9. The van der Waals surface area contributed by atoms with Gasteiger partial charge in [0.25, 0.3) is 5.91 Å². The number of likely N-dealkylation sites (N-methyl/N-ethyl adjacent to an activating group) is 1. The Morgan fingerprint density at radius 3 is 2.48 bits per heavy atom. The van der Waals surface area contributed by atoms with Crippen molar-refractivity contribution in [3.8, 4) is 0 Å². The molecule has 0 heterocycles. The molecule has 6 nitrogen and oxygen atoms in total. The van der Waals surface area contributed by atoms with Crippen LogP contribution in [0.15, 0.2) is 72.1 Å². The third-order valence-corrected chi connectivity index (χ3v) is 5.51. The van der Waals surface area contributed by atoms with Crippen molar-refractivity contribution in [3.05, 3.63) is 78.4 Å². The number of hydrogen-bond donors (Lipinski definition) is 2. The van der Waals surface area contributed by atoms with E-state index in [1.807, 2.05) is 49.3 Å². The van der Waals surface area contributed by atoms with Crippen molar-refractivity contribution < 1.29 is 13.2 Å². The number of amides is 1. The minimum atomic E-state index is -3.68. The highest BCUT2D eigenvalue weighted by molar-refractivity contribution is 7.89. The molecule has 0 spiro atoms. The van der Waals surface area contributed by atoms with E-state index in [4.69, 9.17) is 0 Å².